The van der Waals surface area contributed by atoms with Crippen LogP contribution in [0.15, 0.2) is 0 Å². The number of carbonyl (C=O) groups excluding carboxylic acids is 2. The number of hydrogen-bond acceptors (Lipinski definition) is 2. The maximum absolute atomic E-state index is 11.7. The Morgan fingerprint density at radius 1 is 1.18 bits per heavy atom. The predicted octanol–water partition coefficient (Wildman–Crippen LogP) is 2.00. The molecule has 4 nitrogen and oxygen atoms in total. The molecule has 1 aliphatic heterocycles. The Hall–Kier alpha value is -1.06. The van der Waals surface area contributed by atoms with Crippen LogP contribution in [0.2, 0.25) is 0 Å². The van der Waals surface area contributed by atoms with E-state index >= 15 is 0 Å². The second kappa shape index (κ2) is 5.07. The third-order valence-electron chi connectivity index (χ3n) is 4.07. The molecule has 0 aromatic carbocycles. The van der Waals surface area contributed by atoms with Gasteiger partial charge in [-0.2, -0.15) is 0 Å². The first kappa shape index (κ1) is 12.4. The molecule has 0 radical (unpaired) electrons. The van der Waals surface area contributed by atoms with Crippen LogP contribution in [0.3, 0.4) is 0 Å². The molecule has 0 aromatic heterocycles. The van der Waals surface area contributed by atoms with Gasteiger partial charge >= 0.3 is 6.03 Å². The second-order valence-corrected chi connectivity index (χ2v) is 5.73. The molecule has 1 N–H and O–H groups in total. The van der Waals surface area contributed by atoms with Crippen molar-refractivity contribution in [1.82, 2.24) is 10.2 Å². The minimum Gasteiger partial charge on any atom is -0.323 e. The summed E-state index contributed by atoms with van der Waals surface area (Å²) in [5.74, 6) is 1.25. The van der Waals surface area contributed by atoms with Gasteiger partial charge in [0.15, 0.2) is 0 Å². The van der Waals surface area contributed by atoms with E-state index in [0.717, 1.165) is 12.5 Å². The van der Waals surface area contributed by atoms with Crippen LogP contribution in [0.25, 0.3) is 0 Å². The second-order valence-electron chi connectivity index (χ2n) is 5.73. The highest BCUT2D eigenvalue weighted by molar-refractivity contribution is 5.97. The summed E-state index contributed by atoms with van der Waals surface area (Å²) >= 11 is 0. The van der Waals surface area contributed by atoms with Crippen LogP contribution in [0.4, 0.5) is 4.79 Å². The standard InChI is InChI=1S/C13H22N2O2/c1-9-3-5-11(6-4-9)8-15-7-10(2)12(16)14-13(15)17/h9-11H,3-8H2,1-2H3,(H,14,16,17). The van der Waals surface area contributed by atoms with Gasteiger partial charge in [0, 0.05) is 13.1 Å². The highest BCUT2D eigenvalue weighted by atomic mass is 16.2. The first-order valence-corrected chi connectivity index (χ1v) is 6.66. The number of hydrogen-bond donors (Lipinski definition) is 1. The number of imide groups is 1. The number of nitrogens with one attached hydrogen (secondary N) is 1. The molecule has 0 spiro atoms. The van der Waals surface area contributed by atoms with E-state index in [4.69, 9.17) is 0 Å². The van der Waals surface area contributed by atoms with E-state index in [-0.39, 0.29) is 17.9 Å². The summed E-state index contributed by atoms with van der Waals surface area (Å²) in [6.45, 7) is 5.56. The van der Waals surface area contributed by atoms with E-state index in [9.17, 15) is 9.59 Å². The Morgan fingerprint density at radius 3 is 2.47 bits per heavy atom. The number of carbonyl (C=O) groups is 2. The lowest BCUT2D eigenvalue weighted by atomic mass is 9.82. The van der Waals surface area contributed by atoms with E-state index in [0.29, 0.717) is 12.5 Å². The number of amides is 3. The molecule has 17 heavy (non-hydrogen) atoms. The normalized spacial score (nSPS) is 34.7. The summed E-state index contributed by atoms with van der Waals surface area (Å²) in [5.41, 5.74) is 0. The molecule has 0 bridgehead atoms. The fourth-order valence-electron chi connectivity index (χ4n) is 2.78. The average Bonchev–Trinajstić information content (AvgIpc) is 2.29. The summed E-state index contributed by atoms with van der Waals surface area (Å²) < 4.78 is 0. The quantitative estimate of drug-likeness (QED) is 0.800. The molecule has 1 saturated heterocycles. The van der Waals surface area contributed by atoms with Crippen LogP contribution in [-0.4, -0.2) is 29.9 Å². The molecule has 4 heteroatoms. The topological polar surface area (TPSA) is 49.4 Å². The largest absolute Gasteiger partial charge is 0.324 e. The van der Waals surface area contributed by atoms with Gasteiger partial charge in [0.25, 0.3) is 0 Å². The van der Waals surface area contributed by atoms with Crippen LogP contribution in [-0.2, 0) is 4.79 Å². The lowest BCUT2D eigenvalue weighted by molar-refractivity contribution is -0.125. The zero-order valence-electron chi connectivity index (χ0n) is 10.7. The molecule has 96 valence electrons. The summed E-state index contributed by atoms with van der Waals surface area (Å²) in [5, 5.41) is 2.43. The van der Waals surface area contributed by atoms with Gasteiger partial charge in [0.05, 0.1) is 5.92 Å². The molecular weight excluding hydrogens is 216 g/mol. The summed E-state index contributed by atoms with van der Waals surface area (Å²) in [7, 11) is 0. The number of nitrogens with zero attached hydrogens (tertiary/aromatic N) is 1. The van der Waals surface area contributed by atoms with Crippen LogP contribution >= 0.6 is 0 Å². The lowest BCUT2D eigenvalue weighted by Gasteiger charge is -2.35. The van der Waals surface area contributed by atoms with E-state index in [1.165, 1.54) is 25.7 Å². The maximum atomic E-state index is 11.7. The molecule has 2 aliphatic rings. The van der Waals surface area contributed by atoms with Crippen molar-refractivity contribution in [3.63, 3.8) is 0 Å². The highest BCUT2D eigenvalue weighted by Crippen LogP contribution is 2.29. The minimum atomic E-state index is -0.202. The Morgan fingerprint density at radius 2 is 1.82 bits per heavy atom. The zero-order valence-corrected chi connectivity index (χ0v) is 10.7. The first-order chi connectivity index (χ1) is 8.06. The van der Waals surface area contributed by atoms with Crippen molar-refractivity contribution >= 4 is 11.9 Å². The maximum Gasteiger partial charge on any atom is 0.324 e. The van der Waals surface area contributed by atoms with Crippen LogP contribution < -0.4 is 5.32 Å². The SMILES string of the molecule is CC1CCC(CN2CC(C)C(=O)NC2=O)CC1. The fraction of sp³-hybridized carbons (Fsp3) is 0.846. The van der Waals surface area contributed by atoms with Gasteiger partial charge in [-0.3, -0.25) is 10.1 Å². The van der Waals surface area contributed by atoms with Crippen LogP contribution in [0.5, 0.6) is 0 Å². The van der Waals surface area contributed by atoms with Gasteiger partial charge < -0.3 is 4.90 Å². The molecule has 3 amide bonds. The molecule has 2 rings (SSSR count). The highest BCUT2D eigenvalue weighted by Gasteiger charge is 2.31. The Kier molecular flexibility index (Phi) is 3.69. The predicted molar refractivity (Wildman–Crippen MR) is 65.4 cm³/mol. The monoisotopic (exact) mass is 238 g/mol. The zero-order chi connectivity index (χ0) is 12.4. The summed E-state index contributed by atoms with van der Waals surface area (Å²) in [6, 6.07) is -0.202. The molecule has 1 aliphatic carbocycles. The van der Waals surface area contributed by atoms with Gasteiger partial charge in [0.2, 0.25) is 5.91 Å². The molecule has 1 atom stereocenters. The third-order valence-corrected chi connectivity index (χ3v) is 4.07. The van der Waals surface area contributed by atoms with Crippen molar-refractivity contribution in [2.45, 2.75) is 39.5 Å². The average molecular weight is 238 g/mol. The minimum absolute atomic E-state index is 0.0739. The van der Waals surface area contributed by atoms with Gasteiger partial charge in [-0.25, -0.2) is 4.79 Å². The number of rotatable bonds is 2. The van der Waals surface area contributed by atoms with E-state index in [1.807, 2.05) is 11.8 Å². The van der Waals surface area contributed by atoms with E-state index in [1.54, 1.807) is 0 Å². The Labute approximate surface area is 103 Å². The summed E-state index contributed by atoms with van der Waals surface area (Å²) in [6.07, 6.45) is 4.98. The smallest absolute Gasteiger partial charge is 0.323 e. The molecular formula is C13H22N2O2. The first-order valence-electron chi connectivity index (χ1n) is 6.66. The number of urea groups is 1. The van der Waals surface area contributed by atoms with Crippen molar-refractivity contribution in [1.29, 1.82) is 0 Å². The Bertz CT molecular complexity index is 309. The molecule has 2 fully saturated rings. The van der Waals surface area contributed by atoms with E-state index in [2.05, 4.69) is 12.2 Å². The summed E-state index contributed by atoms with van der Waals surface area (Å²) in [4.78, 5) is 24.8. The molecule has 1 heterocycles. The van der Waals surface area contributed by atoms with Crippen LogP contribution in [0.1, 0.15) is 39.5 Å². The van der Waals surface area contributed by atoms with Gasteiger partial charge in [-0.1, -0.05) is 26.7 Å². The lowest BCUT2D eigenvalue weighted by Crippen LogP contribution is -2.54. The molecule has 1 saturated carbocycles. The van der Waals surface area contributed by atoms with Gasteiger partial charge in [-0.05, 0) is 24.7 Å². The van der Waals surface area contributed by atoms with Crippen molar-refractivity contribution in [3.05, 3.63) is 0 Å². The van der Waals surface area contributed by atoms with Crippen molar-refractivity contribution in [3.8, 4) is 0 Å². The fourth-order valence-corrected chi connectivity index (χ4v) is 2.78. The van der Waals surface area contributed by atoms with Gasteiger partial charge in [-0.15, -0.1) is 0 Å². The Balaban J connectivity index is 1.86. The van der Waals surface area contributed by atoms with Crippen molar-refractivity contribution in [2.75, 3.05) is 13.1 Å². The molecule has 1 unspecified atom stereocenters. The van der Waals surface area contributed by atoms with Crippen LogP contribution in [0, 0.1) is 17.8 Å². The third kappa shape index (κ3) is 2.99. The van der Waals surface area contributed by atoms with Gasteiger partial charge in [0.1, 0.15) is 0 Å². The van der Waals surface area contributed by atoms with Crippen molar-refractivity contribution in [2.24, 2.45) is 17.8 Å². The van der Waals surface area contributed by atoms with E-state index < -0.39 is 0 Å². The van der Waals surface area contributed by atoms with Crippen molar-refractivity contribution < 1.29 is 9.59 Å². The molecule has 0 aromatic rings.